The number of carbonyl (C=O) groups is 2. The summed E-state index contributed by atoms with van der Waals surface area (Å²) in [4.78, 5) is 24.8. The lowest BCUT2D eigenvalue weighted by Crippen LogP contribution is -2.23. The Labute approximate surface area is 163 Å². The van der Waals surface area contributed by atoms with Crippen molar-refractivity contribution < 1.29 is 27.5 Å². The molecule has 0 saturated carbocycles. The van der Waals surface area contributed by atoms with E-state index >= 15 is 0 Å². The molecular formula is C19H22N2O6S. The summed E-state index contributed by atoms with van der Waals surface area (Å²) >= 11 is 0. The lowest BCUT2D eigenvalue weighted by atomic mass is 9.93. The quantitative estimate of drug-likeness (QED) is 0.554. The van der Waals surface area contributed by atoms with Crippen molar-refractivity contribution >= 4 is 21.6 Å². The summed E-state index contributed by atoms with van der Waals surface area (Å²) in [6.45, 7) is 5.18. The van der Waals surface area contributed by atoms with Crippen molar-refractivity contribution in [3.8, 4) is 5.88 Å². The van der Waals surface area contributed by atoms with Crippen LogP contribution in [-0.2, 0) is 25.9 Å². The lowest BCUT2D eigenvalue weighted by molar-refractivity contribution is -0.132. The number of esters is 1. The number of hydrogen-bond donors (Lipinski definition) is 0. The molecular weight excluding hydrogens is 384 g/mol. The van der Waals surface area contributed by atoms with Gasteiger partial charge in [0, 0.05) is 31.7 Å². The first-order valence-electron chi connectivity index (χ1n) is 8.89. The second-order valence-corrected chi connectivity index (χ2v) is 8.66. The van der Waals surface area contributed by atoms with Crippen LogP contribution >= 0.6 is 0 Å². The number of sulfone groups is 1. The number of aryl methyl sites for hydroxylation is 1. The molecule has 8 nitrogen and oxygen atoms in total. The van der Waals surface area contributed by atoms with Crippen LogP contribution in [0.1, 0.15) is 53.4 Å². The lowest BCUT2D eigenvalue weighted by Gasteiger charge is -2.27. The molecule has 28 heavy (non-hydrogen) atoms. The fraction of sp³-hybridized carbons (Fsp3) is 0.421. The van der Waals surface area contributed by atoms with E-state index in [1.54, 1.807) is 6.92 Å². The Hall–Kier alpha value is -2.52. The first-order valence-corrected chi connectivity index (χ1v) is 10.5. The third-order valence-electron chi connectivity index (χ3n) is 4.89. The Morgan fingerprint density at radius 2 is 2.00 bits per heavy atom. The van der Waals surface area contributed by atoms with Crippen LogP contribution in [0.2, 0.25) is 0 Å². The summed E-state index contributed by atoms with van der Waals surface area (Å²) in [6, 6.07) is 2.94. The van der Waals surface area contributed by atoms with Gasteiger partial charge in [-0.1, -0.05) is 0 Å². The maximum Gasteiger partial charge on any atom is 0.309 e. The molecule has 150 valence electrons. The van der Waals surface area contributed by atoms with E-state index in [9.17, 15) is 18.0 Å². The van der Waals surface area contributed by atoms with Crippen LogP contribution in [0.5, 0.6) is 5.88 Å². The molecule has 0 fully saturated rings. The van der Waals surface area contributed by atoms with Crippen molar-refractivity contribution in [2.24, 2.45) is 0 Å². The molecule has 0 spiro atoms. The number of carbonyl (C=O) groups excluding carboxylic acids is 2. The standard InChI is InChI=1S/C19H22N2O6S/c1-5-21-19(27-12(3)22)14(10-20-21)18(23)13-6-7-16-17(11(13)2)15(26-4)8-9-28(16,24)25/h6-7,10,15H,5,8-9H2,1-4H3. The highest BCUT2D eigenvalue weighted by molar-refractivity contribution is 7.91. The Morgan fingerprint density at radius 3 is 2.61 bits per heavy atom. The highest BCUT2D eigenvalue weighted by Gasteiger charge is 2.34. The number of ether oxygens (including phenoxy) is 2. The van der Waals surface area contributed by atoms with Gasteiger partial charge in [0.1, 0.15) is 5.56 Å². The number of aromatic nitrogens is 2. The molecule has 2 aromatic rings. The smallest absolute Gasteiger partial charge is 0.309 e. The maximum atomic E-state index is 13.2. The Bertz CT molecular complexity index is 1050. The second-order valence-electron chi connectivity index (χ2n) is 6.58. The normalized spacial score (nSPS) is 17.8. The van der Waals surface area contributed by atoms with Gasteiger partial charge in [0.05, 0.1) is 22.9 Å². The molecule has 1 aromatic heterocycles. The van der Waals surface area contributed by atoms with Crippen molar-refractivity contribution in [1.29, 1.82) is 0 Å². The molecule has 3 rings (SSSR count). The van der Waals surface area contributed by atoms with E-state index in [4.69, 9.17) is 9.47 Å². The first kappa shape index (κ1) is 20.2. The van der Waals surface area contributed by atoms with Gasteiger partial charge in [-0.2, -0.15) is 5.10 Å². The number of hydrogen-bond acceptors (Lipinski definition) is 7. The van der Waals surface area contributed by atoms with Crippen LogP contribution < -0.4 is 4.74 Å². The number of benzene rings is 1. The van der Waals surface area contributed by atoms with Gasteiger partial charge in [-0.05, 0) is 38.0 Å². The topological polar surface area (TPSA) is 105 Å². The Balaban J connectivity index is 2.15. The van der Waals surface area contributed by atoms with E-state index in [2.05, 4.69) is 5.10 Å². The monoisotopic (exact) mass is 406 g/mol. The SMILES string of the molecule is CCn1ncc(C(=O)c2ccc3c(c2C)C(OC)CCS3(=O)=O)c1OC(C)=O. The molecule has 0 N–H and O–H groups in total. The molecule has 1 aliphatic rings. The highest BCUT2D eigenvalue weighted by Crippen LogP contribution is 2.38. The summed E-state index contributed by atoms with van der Waals surface area (Å²) in [5, 5.41) is 4.10. The highest BCUT2D eigenvalue weighted by atomic mass is 32.2. The van der Waals surface area contributed by atoms with Crippen molar-refractivity contribution in [1.82, 2.24) is 9.78 Å². The number of methoxy groups -OCH3 is 1. The van der Waals surface area contributed by atoms with Gasteiger partial charge in [-0.25, -0.2) is 13.1 Å². The van der Waals surface area contributed by atoms with Crippen LogP contribution in [-0.4, -0.2) is 42.8 Å². The minimum Gasteiger partial charge on any atom is -0.407 e. The number of nitrogens with zero attached hydrogens (tertiary/aromatic N) is 2. The molecule has 1 atom stereocenters. The minimum absolute atomic E-state index is 0.00507. The largest absolute Gasteiger partial charge is 0.407 e. The minimum atomic E-state index is -3.42. The average molecular weight is 406 g/mol. The van der Waals surface area contributed by atoms with Gasteiger partial charge in [0.15, 0.2) is 15.6 Å². The molecule has 0 amide bonds. The Kier molecular flexibility index (Phi) is 5.40. The van der Waals surface area contributed by atoms with Crippen molar-refractivity contribution in [2.75, 3.05) is 12.9 Å². The molecule has 1 aromatic carbocycles. The Morgan fingerprint density at radius 1 is 1.29 bits per heavy atom. The van der Waals surface area contributed by atoms with Crippen molar-refractivity contribution in [2.45, 2.75) is 44.7 Å². The number of ketones is 1. The summed E-state index contributed by atoms with van der Waals surface area (Å²) in [6.07, 6.45) is 1.28. The molecule has 0 radical (unpaired) electrons. The van der Waals surface area contributed by atoms with E-state index < -0.39 is 27.7 Å². The summed E-state index contributed by atoms with van der Waals surface area (Å²) in [5.41, 5.74) is 1.52. The van der Waals surface area contributed by atoms with Gasteiger partial charge in [-0.3, -0.25) is 9.59 Å². The third-order valence-corrected chi connectivity index (χ3v) is 6.68. The number of fused-ring (bicyclic) bond motifs is 1. The van der Waals surface area contributed by atoms with E-state index in [0.29, 0.717) is 29.7 Å². The molecule has 9 heteroatoms. The van der Waals surface area contributed by atoms with Gasteiger partial charge in [0.2, 0.25) is 5.88 Å². The van der Waals surface area contributed by atoms with Gasteiger partial charge < -0.3 is 9.47 Å². The summed E-state index contributed by atoms with van der Waals surface area (Å²) in [7, 11) is -1.90. The predicted octanol–water partition coefficient (Wildman–Crippen LogP) is 2.23. The fourth-order valence-electron chi connectivity index (χ4n) is 3.52. The summed E-state index contributed by atoms with van der Waals surface area (Å²) < 4.78 is 37.0. The fourth-order valence-corrected chi connectivity index (χ4v) is 5.16. The van der Waals surface area contributed by atoms with E-state index in [0.717, 1.165) is 0 Å². The maximum absolute atomic E-state index is 13.2. The molecule has 0 bridgehead atoms. The predicted molar refractivity (Wildman–Crippen MR) is 100 cm³/mol. The van der Waals surface area contributed by atoms with Crippen LogP contribution in [0.15, 0.2) is 23.2 Å². The molecule has 0 saturated heterocycles. The summed E-state index contributed by atoms with van der Waals surface area (Å²) in [5.74, 6) is -0.871. The van der Waals surface area contributed by atoms with Crippen LogP contribution in [0.3, 0.4) is 0 Å². The molecule has 1 aliphatic heterocycles. The molecule has 1 unspecified atom stereocenters. The third kappa shape index (κ3) is 3.35. The van der Waals surface area contributed by atoms with E-state index in [1.165, 1.54) is 37.0 Å². The second kappa shape index (κ2) is 7.48. The zero-order chi connectivity index (χ0) is 20.6. The van der Waals surface area contributed by atoms with Gasteiger partial charge in [-0.15, -0.1) is 0 Å². The zero-order valence-electron chi connectivity index (χ0n) is 16.2. The van der Waals surface area contributed by atoms with E-state index in [1.807, 2.05) is 6.92 Å². The number of rotatable bonds is 5. The van der Waals surface area contributed by atoms with Crippen LogP contribution in [0.4, 0.5) is 0 Å². The molecule has 0 aliphatic carbocycles. The molecule has 2 heterocycles. The van der Waals surface area contributed by atoms with Crippen LogP contribution in [0, 0.1) is 6.92 Å². The van der Waals surface area contributed by atoms with E-state index in [-0.39, 0.29) is 22.1 Å². The average Bonchev–Trinajstić information content (AvgIpc) is 3.03. The zero-order valence-corrected chi connectivity index (χ0v) is 17.0. The van der Waals surface area contributed by atoms with Crippen molar-refractivity contribution in [3.05, 3.63) is 40.6 Å². The van der Waals surface area contributed by atoms with Crippen LogP contribution in [0.25, 0.3) is 0 Å². The van der Waals surface area contributed by atoms with Gasteiger partial charge in [0.25, 0.3) is 0 Å². The first-order chi connectivity index (χ1) is 13.2. The van der Waals surface area contributed by atoms with Gasteiger partial charge >= 0.3 is 5.97 Å². The van der Waals surface area contributed by atoms with Crippen molar-refractivity contribution in [3.63, 3.8) is 0 Å².